The minimum absolute atomic E-state index is 0.0116. The fraction of sp³-hybridized carbons (Fsp3) is 0.222. The molecule has 0 heterocycles. The lowest BCUT2D eigenvalue weighted by atomic mass is 10.0. The van der Waals surface area contributed by atoms with Gasteiger partial charge in [0.25, 0.3) is 5.24 Å². The van der Waals surface area contributed by atoms with Crippen LogP contribution in [0.4, 0.5) is 0 Å². The monoisotopic (exact) mass is 266 g/mol. The topological polar surface area (TPSA) is 43.4 Å². The molecule has 1 aliphatic rings. The summed E-state index contributed by atoms with van der Waals surface area (Å²) in [5.74, 6) is 1.62. The zero-order chi connectivity index (χ0) is 11.6. The summed E-state index contributed by atoms with van der Waals surface area (Å²) in [6.45, 7) is 0. The van der Waals surface area contributed by atoms with E-state index in [1.54, 1.807) is 5.94 Å². The summed E-state index contributed by atoms with van der Waals surface area (Å²) in [6, 6.07) is 0. The average Bonchev–Trinajstić information content (AvgIpc) is 2.21. The number of carbonyl (C=O) groups is 1. The van der Waals surface area contributed by atoms with E-state index in [1.807, 2.05) is 0 Å². The summed E-state index contributed by atoms with van der Waals surface area (Å²) < 4.78 is 4.93. The van der Waals surface area contributed by atoms with Gasteiger partial charge in [0.1, 0.15) is 12.0 Å². The predicted molar refractivity (Wildman–Crippen MR) is 57.7 cm³/mol. The molecule has 80 valence electrons. The second-order valence-electron chi connectivity index (χ2n) is 2.67. The Labute approximate surface area is 101 Å². The van der Waals surface area contributed by atoms with Gasteiger partial charge in [0.15, 0.2) is 0 Å². The fourth-order valence-electron chi connectivity index (χ4n) is 1.13. The van der Waals surface area contributed by atoms with E-state index in [0.29, 0.717) is 0 Å². The average molecular weight is 267 g/mol. The molecular formula is C9H5Cl3O3. The first-order valence-electron chi connectivity index (χ1n) is 3.77. The van der Waals surface area contributed by atoms with Crippen molar-refractivity contribution in [2.45, 2.75) is 6.10 Å². The van der Waals surface area contributed by atoms with Crippen LogP contribution < -0.4 is 0 Å². The lowest BCUT2D eigenvalue weighted by Crippen LogP contribution is -2.20. The molecule has 3 nitrogen and oxygen atoms in total. The molecule has 0 aromatic heterocycles. The molecule has 0 N–H and O–H groups in total. The molecule has 1 aliphatic carbocycles. The molecule has 0 radical (unpaired) electrons. The molecule has 0 saturated carbocycles. The first-order chi connectivity index (χ1) is 7.02. The van der Waals surface area contributed by atoms with E-state index in [4.69, 9.17) is 39.5 Å². The summed E-state index contributed by atoms with van der Waals surface area (Å²) >= 11 is 16.9. The highest BCUT2D eigenvalue weighted by atomic mass is 35.5. The SMILES string of the molecule is COC1C(=C=O)C=C(C(=O)Cl)C(Cl)=C1Cl. The molecule has 1 atom stereocenters. The number of hydrogen-bond acceptors (Lipinski definition) is 3. The maximum absolute atomic E-state index is 10.9. The standard InChI is InChI=1S/C9H5Cl3O3/c1-15-8-4(3-13)2-5(9(12)14)6(10)7(8)11/h2,8H,1H3. The Morgan fingerprint density at radius 3 is 2.53 bits per heavy atom. The van der Waals surface area contributed by atoms with Crippen LogP contribution in [0, 0.1) is 0 Å². The molecule has 1 unspecified atom stereocenters. The van der Waals surface area contributed by atoms with Gasteiger partial charge in [-0.3, -0.25) is 4.79 Å². The van der Waals surface area contributed by atoms with Crippen molar-refractivity contribution in [1.82, 2.24) is 0 Å². The van der Waals surface area contributed by atoms with Crippen molar-refractivity contribution >= 4 is 46.0 Å². The quantitative estimate of drug-likeness (QED) is 0.569. The Balaban J connectivity index is 3.33. The minimum atomic E-state index is -0.795. The van der Waals surface area contributed by atoms with Crippen LogP contribution in [-0.2, 0) is 14.3 Å². The molecule has 0 bridgehead atoms. The maximum Gasteiger partial charge on any atom is 0.253 e. The van der Waals surface area contributed by atoms with Gasteiger partial charge in [0, 0.05) is 7.11 Å². The third kappa shape index (κ3) is 2.33. The number of allylic oxidation sites excluding steroid dienone is 2. The van der Waals surface area contributed by atoms with Gasteiger partial charge in [-0.25, -0.2) is 4.79 Å². The van der Waals surface area contributed by atoms with Crippen LogP contribution in [0.3, 0.4) is 0 Å². The molecule has 0 aromatic rings. The molecule has 6 heteroatoms. The summed E-state index contributed by atoms with van der Waals surface area (Å²) in [5, 5.41) is -0.757. The van der Waals surface area contributed by atoms with Crippen molar-refractivity contribution in [3.05, 3.63) is 27.3 Å². The molecule has 0 aliphatic heterocycles. The highest BCUT2D eigenvalue weighted by molar-refractivity contribution is 6.69. The van der Waals surface area contributed by atoms with Crippen LogP contribution in [-0.4, -0.2) is 24.4 Å². The predicted octanol–water partition coefficient (Wildman–Crippen LogP) is 2.15. The highest BCUT2D eigenvalue weighted by Gasteiger charge is 2.29. The Morgan fingerprint density at radius 1 is 1.53 bits per heavy atom. The smallest absolute Gasteiger partial charge is 0.253 e. The summed E-state index contributed by atoms with van der Waals surface area (Å²) in [6.07, 6.45) is 0.418. The molecule has 15 heavy (non-hydrogen) atoms. The van der Waals surface area contributed by atoms with Crippen molar-refractivity contribution in [1.29, 1.82) is 0 Å². The number of hydrogen-bond donors (Lipinski definition) is 0. The molecule has 0 fully saturated rings. The van der Waals surface area contributed by atoms with Gasteiger partial charge in [-0.15, -0.1) is 0 Å². The van der Waals surface area contributed by atoms with Crippen LogP contribution in [0.2, 0.25) is 0 Å². The van der Waals surface area contributed by atoms with Gasteiger partial charge < -0.3 is 4.74 Å². The molecule has 0 amide bonds. The lowest BCUT2D eigenvalue weighted by molar-refractivity contribution is -0.108. The molecule has 1 rings (SSSR count). The van der Waals surface area contributed by atoms with Gasteiger partial charge in [0.2, 0.25) is 0 Å². The first kappa shape index (κ1) is 12.5. The second kappa shape index (κ2) is 4.97. The third-order valence-corrected chi connectivity index (χ3v) is 2.92. The van der Waals surface area contributed by atoms with Crippen LogP contribution in [0.15, 0.2) is 27.3 Å². The number of carbonyl (C=O) groups excluding carboxylic acids is 2. The Hall–Kier alpha value is -0.570. The van der Waals surface area contributed by atoms with Crippen LogP contribution in [0.1, 0.15) is 0 Å². The van der Waals surface area contributed by atoms with Gasteiger partial charge >= 0.3 is 0 Å². The second-order valence-corrected chi connectivity index (χ2v) is 3.80. The van der Waals surface area contributed by atoms with E-state index < -0.39 is 11.3 Å². The van der Waals surface area contributed by atoms with Crippen molar-refractivity contribution in [2.75, 3.05) is 7.11 Å². The first-order valence-corrected chi connectivity index (χ1v) is 4.91. The number of halogens is 3. The number of rotatable bonds is 2. The fourth-order valence-corrected chi connectivity index (χ4v) is 1.88. The zero-order valence-corrected chi connectivity index (χ0v) is 9.78. The van der Waals surface area contributed by atoms with E-state index >= 15 is 0 Å². The van der Waals surface area contributed by atoms with E-state index in [1.165, 1.54) is 13.2 Å². The van der Waals surface area contributed by atoms with Gasteiger partial charge in [-0.05, 0) is 17.7 Å². The largest absolute Gasteiger partial charge is 0.370 e. The van der Waals surface area contributed by atoms with Crippen molar-refractivity contribution in [3.8, 4) is 0 Å². The summed E-state index contributed by atoms with van der Waals surface area (Å²) in [4.78, 5) is 21.5. The van der Waals surface area contributed by atoms with Crippen LogP contribution in [0.25, 0.3) is 0 Å². The Kier molecular flexibility index (Phi) is 4.14. The molecular weight excluding hydrogens is 262 g/mol. The van der Waals surface area contributed by atoms with Crippen molar-refractivity contribution in [3.63, 3.8) is 0 Å². The van der Waals surface area contributed by atoms with Crippen molar-refractivity contribution in [2.24, 2.45) is 0 Å². The molecule has 0 spiro atoms. The minimum Gasteiger partial charge on any atom is -0.370 e. The third-order valence-electron chi connectivity index (χ3n) is 1.82. The van der Waals surface area contributed by atoms with Gasteiger partial charge in [-0.2, -0.15) is 0 Å². The maximum atomic E-state index is 10.9. The summed E-state index contributed by atoms with van der Waals surface area (Å²) in [7, 11) is 1.36. The number of ether oxygens (including phenoxy) is 1. The van der Waals surface area contributed by atoms with Crippen LogP contribution in [0.5, 0.6) is 0 Å². The Bertz CT molecular complexity index is 416. The van der Waals surface area contributed by atoms with E-state index in [2.05, 4.69) is 0 Å². The zero-order valence-electron chi connectivity index (χ0n) is 7.51. The van der Waals surface area contributed by atoms with Gasteiger partial charge in [-0.1, -0.05) is 23.2 Å². The van der Waals surface area contributed by atoms with Crippen LogP contribution >= 0.6 is 34.8 Å². The van der Waals surface area contributed by atoms with E-state index in [0.717, 1.165) is 0 Å². The van der Waals surface area contributed by atoms with E-state index in [9.17, 15) is 9.59 Å². The molecule has 0 aromatic carbocycles. The molecule has 0 saturated heterocycles. The van der Waals surface area contributed by atoms with Gasteiger partial charge in [0.05, 0.1) is 21.2 Å². The summed E-state index contributed by atoms with van der Waals surface area (Å²) in [5.41, 5.74) is 0.0471. The lowest BCUT2D eigenvalue weighted by Gasteiger charge is -2.20. The number of methoxy groups -OCH3 is 1. The Morgan fingerprint density at radius 2 is 2.13 bits per heavy atom. The van der Waals surface area contributed by atoms with E-state index in [-0.39, 0.29) is 21.2 Å². The van der Waals surface area contributed by atoms with Crippen molar-refractivity contribution < 1.29 is 14.3 Å². The normalized spacial score (nSPS) is 21.2. The highest BCUT2D eigenvalue weighted by Crippen LogP contribution is 2.35.